The van der Waals surface area contributed by atoms with Crippen molar-refractivity contribution in [3.05, 3.63) is 0 Å². The highest BCUT2D eigenvalue weighted by atomic mass is 28.4. The Labute approximate surface area is 95.6 Å². The molecule has 0 aliphatic heterocycles. The summed E-state index contributed by atoms with van der Waals surface area (Å²) in [5.41, 5.74) is 5.49. The first-order valence-electron chi connectivity index (χ1n) is 6.15. The summed E-state index contributed by atoms with van der Waals surface area (Å²) in [6, 6.07) is 2.06. The zero-order valence-corrected chi connectivity index (χ0v) is 11.7. The van der Waals surface area contributed by atoms with E-state index in [9.17, 15) is 0 Å². The first-order chi connectivity index (χ1) is 7.14. The summed E-state index contributed by atoms with van der Waals surface area (Å²) < 4.78 is 12.0. The Morgan fingerprint density at radius 3 is 2.20 bits per heavy atom. The molecule has 0 bridgehead atoms. The normalized spacial score (nSPS) is 14.2. The molecular weight excluding hydrogens is 206 g/mol. The average molecular weight is 233 g/mol. The summed E-state index contributed by atoms with van der Waals surface area (Å²) in [5.74, 6) is 0. The molecule has 92 valence electrons. The van der Waals surface area contributed by atoms with Gasteiger partial charge in [-0.05, 0) is 45.3 Å². The van der Waals surface area contributed by atoms with Crippen molar-refractivity contribution in [3.63, 3.8) is 0 Å². The minimum atomic E-state index is -1.90. The second-order valence-corrected chi connectivity index (χ2v) is 7.67. The van der Waals surface area contributed by atoms with E-state index in [0.717, 1.165) is 38.1 Å². The maximum absolute atomic E-state index is 6.14. The third-order valence-electron chi connectivity index (χ3n) is 2.72. The summed E-state index contributed by atoms with van der Waals surface area (Å²) in [5, 5.41) is 0. The van der Waals surface area contributed by atoms with Crippen molar-refractivity contribution in [3.8, 4) is 0 Å². The van der Waals surface area contributed by atoms with Crippen LogP contribution in [0.25, 0.3) is 0 Å². The molecule has 0 radical (unpaired) electrons. The molecule has 4 heteroatoms. The van der Waals surface area contributed by atoms with Crippen molar-refractivity contribution in [1.82, 2.24) is 0 Å². The molecule has 0 aromatic rings. The third-order valence-corrected chi connectivity index (χ3v) is 6.52. The molecule has 0 amide bonds. The fraction of sp³-hybridized carbons (Fsp3) is 1.00. The number of hydrogen-bond acceptors (Lipinski definition) is 3. The predicted molar refractivity (Wildman–Crippen MR) is 67.2 cm³/mol. The number of rotatable bonds is 9. The molecule has 0 fully saturated rings. The Kier molecular flexibility index (Phi) is 8.33. The molecule has 1 unspecified atom stereocenters. The van der Waals surface area contributed by atoms with Crippen LogP contribution in [0.1, 0.15) is 40.5 Å². The van der Waals surface area contributed by atoms with Crippen molar-refractivity contribution >= 4 is 8.56 Å². The lowest BCUT2D eigenvalue weighted by Crippen LogP contribution is -2.43. The van der Waals surface area contributed by atoms with Gasteiger partial charge in [-0.15, -0.1) is 0 Å². The molecular formula is C11H27NO2Si. The molecule has 0 spiro atoms. The van der Waals surface area contributed by atoms with E-state index in [4.69, 9.17) is 14.6 Å². The van der Waals surface area contributed by atoms with E-state index in [2.05, 4.69) is 20.8 Å². The predicted octanol–water partition coefficient (Wildman–Crippen LogP) is 2.65. The van der Waals surface area contributed by atoms with Gasteiger partial charge in [0.1, 0.15) is 0 Å². The zero-order valence-electron chi connectivity index (χ0n) is 10.7. The number of hydrogen-bond donors (Lipinski definition) is 1. The van der Waals surface area contributed by atoms with Crippen molar-refractivity contribution in [2.24, 2.45) is 5.73 Å². The van der Waals surface area contributed by atoms with Crippen molar-refractivity contribution in [2.75, 3.05) is 13.2 Å². The van der Waals surface area contributed by atoms with Crippen LogP contribution in [-0.2, 0) is 8.85 Å². The maximum Gasteiger partial charge on any atom is 0.337 e. The van der Waals surface area contributed by atoms with Crippen LogP contribution in [0, 0.1) is 0 Å². The van der Waals surface area contributed by atoms with Gasteiger partial charge in [-0.3, -0.25) is 0 Å². The molecule has 3 nitrogen and oxygen atoms in total. The van der Waals surface area contributed by atoms with Crippen LogP contribution < -0.4 is 5.73 Å². The highest BCUT2D eigenvalue weighted by Crippen LogP contribution is 2.21. The number of nitrogens with two attached hydrogens (primary N) is 1. The first kappa shape index (κ1) is 15.1. The lowest BCUT2D eigenvalue weighted by atomic mass is 10.2. The minimum absolute atomic E-state index is 0.284. The molecule has 0 heterocycles. The highest BCUT2D eigenvalue weighted by molar-refractivity contribution is 6.67. The van der Waals surface area contributed by atoms with Crippen LogP contribution in [0.5, 0.6) is 0 Å². The molecule has 0 aliphatic carbocycles. The molecule has 0 aromatic heterocycles. The molecule has 0 aliphatic rings. The van der Waals surface area contributed by atoms with Crippen molar-refractivity contribution in [1.29, 1.82) is 0 Å². The van der Waals surface area contributed by atoms with Gasteiger partial charge in [0.2, 0.25) is 0 Å². The van der Waals surface area contributed by atoms with Gasteiger partial charge in [-0.2, -0.15) is 0 Å². The Morgan fingerprint density at radius 1 is 1.20 bits per heavy atom. The van der Waals surface area contributed by atoms with Crippen LogP contribution in [0.15, 0.2) is 0 Å². The van der Waals surface area contributed by atoms with Gasteiger partial charge in [0, 0.05) is 12.7 Å². The maximum atomic E-state index is 6.14. The third kappa shape index (κ3) is 5.66. The Hall–Kier alpha value is 0.0969. The van der Waals surface area contributed by atoms with Crippen molar-refractivity contribution < 1.29 is 8.85 Å². The molecule has 1 atom stereocenters. The minimum Gasteiger partial charge on any atom is -0.394 e. The fourth-order valence-corrected chi connectivity index (χ4v) is 4.44. The largest absolute Gasteiger partial charge is 0.394 e. The smallest absolute Gasteiger partial charge is 0.337 e. The van der Waals surface area contributed by atoms with Gasteiger partial charge >= 0.3 is 8.56 Å². The summed E-state index contributed by atoms with van der Waals surface area (Å²) in [6.07, 6.45) is 2.36. The second kappa shape index (κ2) is 8.27. The molecule has 0 saturated carbocycles. The van der Waals surface area contributed by atoms with Crippen LogP contribution in [0.2, 0.25) is 12.1 Å². The Balaban J connectivity index is 4.13. The molecule has 0 rings (SSSR count). The quantitative estimate of drug-likeness (QED) is 0.623. The monoisotopic (exact) mass is 233 g/mol. The van der Waals surface area contributed by atoms with E-state index in [1.807, 2.05) is 6.92 Å². The standard InChI is InChI=1S/C11H27NO2Si/c1-5-13-15(6-2,7-3)14-11(4)9-8-10-12/h11H,5-10,12H2,1-4H3. The van der Waals surface area contributed by atoms with Gasteiger partial charge < -0.3 is 14.6 Å². The zero-order chi connectivity index (χ0) is 11.7. The van der Waals surface area contributed by atoms with Gasteiger partial charge in [-0.25, -0.2) is 0 Å². The van der Waals surface area contributed by atoms with Gasteiger partial charge in [0.25, 0.3) is 0 Å². The van der Waals surface area contributed by atoms with Crippen LogP contribution in [-0.4, -0.2) is 27.8 Å². The molecule has 2 N–H and O–H groups in total. The van der Waals surface area contributed by atoms with Crippen LogP contribution in [0.3, 0.4) is 0 Å². The molecule has 0 saturated heterocycles. The summed E-state index contributed by atoms with van der Waals surface area (Å²) in [6.45, 7) is 10.0. The molecule has 15 heavy (non-hydrogen) atoms. The summed E-state index contributed by atoms with van der Waals surface area (Å²) in [4.78, 5) is 0. The summed E-state index contributed by atoms with van der Waals surface area (Å²) in [7, 11) is -1.90. The molecule has 0 aromatic carbocycles. The first-order valence-corrected chi connectivity index (χ1v) is 8.39. The lowest BCUT2D eigenvalue weighted by molar-refractivity contribution is 0.120. The highest BCUT2D eigenvalue weighted by Gasteiger charge is 2.34. The topological polar surface area (TPSA) is 44.5 Å². The second-order valence-electron chi connectivity index (χ2n) is 3.91. The summed E-state index contributed by atoms with van der Waals surface area (Å²) >= 11 is 0. The van der Waals surface area contributed by atoms with Gasteiger partial charge in [0.15, 0.2) is 0 Å². The van der Waals surface area contributed by atoms with E-state index < -0.39 is 8.56 Å². The Morgan fingerprint density at radius 2 is 1.80 bits per heavy atom. The average Bonchev–Trinajstić information content (AvgIpc) is 2.25. The Bertz CT molecular complexity index is 152. The van der Waals surface area contributed by atoms with Gasteiger partial charge in [0.05, 0.1) is 0 Å². The lowest BCUT2D eigenvalue weighted by Gasteiger charge is -2.31. The SMILES string of the molecule is CCO[Si](CC)(CC)OC(C)CCCN. The van der Waals surface area contributed by atoms with E-state index >= 15 is 0 Å². The van der Waals surface area contributed by atoms with Crippen molar-refractivity contribution in [2.45, 2.75) is 58.7 Å². The van der Waals surface area contributed by atoms with E-state index in [-0.39, 0.29) is 6.10 Å². The van der Waals surface area contributed by atoms with E-state index in [1.165, 1.54) is 0 Å². The van der Waals surface area contributed by atoms with E-state index in [0.29, 0.717) is 0 Å². The van der Waals surface area contributed by atoms with Crippen LogP contribution in [0.4, 0.5) is 0 Å². The fourth-order valence-electron chi connectivity index (χ4n) is 1.75. The van der Waals surface area contributed by atoms with Gasteiger partial charge in [-0.1, -0.05) is 13.8 Å². The van der Waals surface area contributed by atoms with E-state index in [1.54, 1.807) is 0 Å². The van der Waals surface area contributed by atoms with Crippen LogP contribution >= 0.6 is 0 Å².